The van der Waals surface area contributed by atoms with E-state index in [1.807, 2.05) is 0 Å². The normalized spacial score (nSPS) is 12.4. The van der Waals surface area contributed by atoms with Crippen molar-refractivity contribution in [3.8, 4) is 0 Å². The van der Waals surface area contributed by atoms with Gasteiger partial charge in [0.2, 0.25) is 0 Å². The molecule has 0 aliphatic carbocycles. The van der Waals surface area contributed by atoms with Crippen molar-refractivity contribution in [2.24, 2.45) is 0 Å². The van der Waals surface area contributed by atoms with Gasteiger partial charge in [-0.2, -0.15) is 0 Å². The molecule has 0 saturated heterocycles. The summed E-state index contributed by atoms with van der Waals surface area (Å²) in [5.74, 6) is -1.37. The highest BCUT2D eigenvalue weighted by Gasteiger charge is 1.98. The van der Waals surface area contributed by atoms with E-state index in [9.17, 15) is 9.59 Å². The van der Waals surface area contributed by atoms with Crippen LogP contribution < -0.4 is 0 Å². The molecule has 4 nitrogen and oxygen atoms in total. The lowest BCUT2D eigenvalue weighted by Crippen LogP contribution is -1.93. The Labute approximate surface area is 172 Å². The fourth-order valence-corrected chi connectivity index (χ4v) is 3.28. The van der Waals surface area contributed by atoms with Crippen molar-refractivity contribution < 1.29 is 19.8 Å². The van der Waals surface area contributed by atoms with Crippen molar-refractivity contribution in [3.05, 3.63) is 23.3 Å². The molecule has 0 atom stereocenters. The highest BCUT2D eigenvalue weighted by molar-refractivity contribution is 5.66. The molecule has 0 rings (SSSR count). The lowest BCUT2D eigenvalue weighted by Gasteiger charge is -2.03. The minimum Gasteiger partial charge on any atom is -0.481 e. The Morgan fingerprint density at radius 3 is 1.14 bits per heavy atom. The van der Waals surface area contributed by atoms with E-state index in [1.165, 1.54) is 36.8 Å². The minimum atomic E-state index is -0.688. The Kier molecular flexibility index (Phi) is 17.7. The smallest absolute Gasteiger partial charge is 0.303 e. The maximum atomic E-state index is 10.4. The van der Waals surface area contributed by atoms with Gasteiger partial charge in [-0.15, -0.1) is 0 Å². The van der Waals surface area contributed by atoms with Crippen molar-refractivity contribution in [2.75, 3.05) is 0 Å². The van der Waals surface area contributed by atoms with Crippen LogP contribution >= 0.6 is 0 Å². The standard InChI is InChI=1S/C24H42O4/c1-21(15-9-5-3-4-6-11-19-23(25)26)17-13-14-18-22(2)16-10-7-8-12-20-24(27)28/h17-18H,3-16,19-20H2,1-2H3,(H,25,26)(H,27,28)/b21-17-,22-18-. The van der Waals surface area contributed by atoms with E-state index in [0.717, 1.165) is 64.2 Å². The maximum absolute atomic E-state index is 10.4. The number of hydrogen-bond acceptors (Lipinski definition) is 2. The number of rotatable bonds is 19. The molecule has 0 unspecified atom stereocenters. The fourth-order valence-electron chi connectivity index (χ4n) is 3.28. The largest absolute Gasteiger partial charge is 0.481 e. The summed E-state index contributed by atoms with van der Waals surface area (Å²) in [6.45, 7) is 4.42. The van der Waals surface area contributed by atoms with Crippen molar-refractivity contribution in [1.29, 1.82) is 0 Å². The lowest BCUT2D eigenvalue weighted by molar-refractivity contribution is -0.138. The molecule has 0 aliphatic heterocycles. The summed E-state index contributed by atoms with van der Waals surface area (Å²) >= 11 is 0. The first-order valence-corrected chi connectivity index (χ1v) is 11.2. The van der Waals surface area contributed by atoms with E-state index < -0.39 is 11.9 Å². The van der Waals surface area contributed by atoms with Crippen LogP contribution in [0.5, 0.6) is 0 Å². The molecular weight excluding hydrogens is 352 g/mol. The Bertz CT molecular complexity index is 477. The molecule has 0 bridgehead atoms. The van der Waals surface area contributed by atoms with E-state index in [-0.39, 0.29) is 0 Å². The number of carboxylic acids is 2. The lowest BCUT2D eigenvalue weighted by atomic mass is 10.0. The van der Waals surface area contributed by atoms with Crippen molar-refractivity contribution >= 4 is 11.9 Å². The van der Waals surface area contributed by atoms with Crippen LogP contribution in [0.3, 0.4) is 0 Å². The van der Waals surface area contributed by atoms with Gasteiger partial charge >= 0.3 is 11.9 Å². The Morgan fingerprint density at radius 2 is 0.821 bits per heavy atom. The molecule has 0 fully saturated rings. The molecule has 162 valence electrons. The summed E-state index contributed by atoms with van der Waals surface area (Å²) < 4.78 is 0. The van der Waals surface area contributed by atoms with Gasteiger partial charge in [0.05, 0.1) is 0 Å². The van der Waals surface area contributed by atoms with Gasteiger partial charge in [-0.3, -0.25) is 9.59 Å². The summed E-state index contributed by atoms with van der Waals surface area (Å²) in [6.07, 6.45) is 20.6. The van der Waals surface area contributed by atoms with Crippen LogP contribution in [0.4, 0.5) is 0 Å². The van der Waals surface area contributed by atoms with Gasteiger partial charge in [0.1, 0.15) is 0 Å². The number of unbranched alkanes of at least 4 members (excludes halogenated alkanes) is 9. The second kappa shape index (κ2) is 18.8. The minimum absolute atomic E-state index is 0.299. The van der Waals surface area contributed by atoms with Gasteiger partial charge in [0, 0.05) is 12.8 Å². The molecule has 0 aromatic heterocycles. The zero-order valence-electron chi connectivity index (χ0n) is 18.2. The summed E-state index contributed by atoms with van der Waals surface area (Å²) in [4.78, 5) is 20.9. The van der Waals surface area contributed by atoms with E-state index in [1.54, 1.807) is 0 Å². The van der Waals surface area contributed by atoms with E-state index in [2.05, 4.69) is 26.0 Å². The summed E-state index contributed by atoms with van der Waals surface area (Å²) in [5, 5.41) is 17.2. The second-order valence-corrected chi connectivity index (χ2v) is 8.00. The summed E-state index contributed by atoms with van der Waals surface area (Å²) in [6, 6.07) is 0. The first kappa shape index (κ1) is 26.4. The predicted molar refractivity (Wildman–Crippen MR) is 117 cm³/mol. The van der Waals surface area contributed by atoms with Crippen LogP contribution in [-0.2, 0) is 9.59 Å². The first-order chi connectivity index (χ1) is 13.4. The second-order valence-electron chi connectivity index (χ2n) is 8.00. The third-order valence-corrected chi connectivity index (χ3v) is 5.08. The molecule has 0 aliphatic rings. The molecule has 2 N–H and O–H groups in total. The first-order valence-electron chi connectivity index (χ1n) is 11.2. The number of carbonyl (C=O) groups is 2. The number of carboxylic acid groups (broad SMARTS) is 2. The van der Waals surface area contributed by atoms with Crippen molar-refractivity contribution in [3.63, 3.8) is 0 Å². The zero-order valence-corrected chi connectivity index (χ0v) is 18.2. The Hall–Kier alpha value is -1.58. The van der Waals surface area contributed by atoms with Crippen molar-refractivity contribution in [2.45, 2.75) is 117 Å². The average Bonchev–Trinajstić information content (AvgIpc) is 2.63. The van der Waals surface area contributed by atoms with Gasteiger partial charge in [-0.05, 0) is 65.2 Å². The van der Waals surface area contributed by atoms with E-state index in [0.29, 0.717) is 12.8 Å². The summed E-state index contributed by atoms with van der Waals surface area (Å²) in [5.41, 5.74) is 2.93. The predicted octanol–water partition coefficient (Wildman–Crippen LogP) is 7.29. The molecule has 0 heterocycles. The number of hydrogen-bond donors (Lipinski definition) is 2. The zero-order chi connectivity index (χ0) is 21.0. The van der Waals surface area contributed by atoms with Crippen LogP contribution in [0.2, 0.25) is 0 Å². The maximum Gasteiger partial charge on any atom is 0.303 e. The molecule has 0 radical (unpaired) electrons. The molecule has 0 amide bonds. The quantitative estimate of drug-likeness (QED) is 0.178. The van der Waals surface area contributed by atoms with Crippen LogP contribution in [0, 0.1) is 0 Å². The van der Waals surface area contributed by atoms with Crippen LogP contribution in [-0.4, -0.2) is 22.2 Å². The van der Waals surface area contributed by atoms with Crippen LogP contribution in [0.15, 0.2) is 23.3 Å². The molecule has 0 aromatic rings. The van der Waals surface area contributed by atoms with Gasteiger partial charge in [-0.1, -0.05) is 61.8 Å². The third kappa shape index (κ3) is 20.7. The van der Waals surface area contributed by atoms with Gasteiger partial charge in [0.15, 0.2) is 0 Å². The molecule has 0 saturated carbocycles. The molecular formula is C24H42O4. The fraction of sp³-hybridized carbons (Fsp3) is 0.750. The van der Waals surface area contributed by atoms with E-state index in [4.69, 9.17) is 10.2 Å². The van der Waals surface area contributed by atoms with Crippen LogP contribution in [0.25, 0.3) is 0 Å². The van der Waals surface area contributed by atoms with Crippen molar-refractivity contribution in [1.82, 2.24) is 0 Å². The monoisotopic (exact) mass is 394 g/mol. The Morgan fingerprint density at radius 1 is 0.536 bits per heavy atom. The van der Waals surface area contributed by atoms with Gasteiger partial charge in [0.25, 0.3) is 0 Å². The highest BCUT2D eigenvalue weighted by Crippen LogP contribution is 2.15. The topological polar surface area (TPSA) is 74.6 Å². The Balaban J connectivity index is 3.56. The SMILES string of the molecule is C/C(=C/CC/C=C(/C)CCCCCCC(=O)O)CCCCCCCCC(=O)O. The molecule has 0 aromatic carbocycles. The molecule has 0 spiro atoms. The molecule has 4 heteroatoms. The van der Waals surface area contributed by atoms with E-state index >= 15 is 0 Å². The third-order valence-electron chi connectivity index (χ3n) is 5.08. The summed E-state index contributed by atoms with van der Waals surface area (Å²) in [7, 11) is 0. The molecule has 28 heavy (non-hydrogen) atoms. The average molecular weight is 395 g/mol. The highest BCUT2D eigenvalue weighted by atomic mass is 16.4. The number of allylic oxidation sites excluding steroid dienone is 4. The number of aliphatic carboxylic acids is 2. The van der Waals surface area contributed by atoms with Gasteiger partial charge < -0.3 is 10.2 Å². The van der Waals surface area contributed by atoms with Crippen LogP contribution in [0.1, 0.15) is 117 Å². The van der Waals surface area contributed by atoms with Gasteiger partial charge in [-0.25, -0.2) is 0 Å².